The van der Waals surface area contributed by atoms with Crippen molar-refractivity contribution in [3.8, 4) is 0 Å². The minimum Gasteiger partial charge on any atom is -0.309 e. The zero-order valence-electron chi connectivity index (χ0n) is 15.4. The summed E-state index contributed by atoms with van der Waals surface area (Å²) >= 11 is 5.93. The molecular formula is C20H23ClN2O3S. The molecule has 144 valence electrons. The fourth-order valence-electron chi connectivity index (χ4n) is 2.71. The van der Waals surface area contributed by atoms with Crippen LogP contribution in [0.15, 0.2) is 72.1 Å². The van der Waals surface area contributed by atoms with Crippen LogP contribution in [0.2, 0.25) is 5.02 Å². The van der Waals surface area contributed by atoms with E-state index in [0.717, 1.165) is 9.99 Å². The average Bonchev–Trinajstić information content (AvgIpc) is 2.62. The van der Waals surface area contributed by atoms with Gasteiger partial charge in [0.1, 0.15) is 0 Å². The van der Waals surface area contributed by atoms with Gasteiger partial charge in [-0.15, -0.1) is 6.58 Å². The summed E-state index contributed by atoms with van der Waals surface area (Å²) in [6.45, 7) is 7.10. The summed E-state index contributed by atoms with van der Waals surface area (Å²) in [5, 5.41) is 0.314. The van der Waals surface area contributed by atoms with Crippen molar-refractivity contribution < 1.29 is 13.2 Å². The second-order valence-corrected chi connectivity index (χ2v) is 8.61. The summed E-state index contributed by atoms with van der Waals surface area (Å²) in [5.74, 6) is -0.316. The largest absolute Gasteiger partial charge is 0.309 e. The van der Waals surface area contributed by atoms with Crippen LogP contribution in [-0.2, 0) is 14.8 Å². The number of hydrogen-bond donors (Lipinski definition) is 0. The Morgan fingerprint density at radius 3 is 2.37 bits per heavy atom. The lowest BCUT2D eigenvalue weighted by atomic mass is 10.2. The minimum absolute atomic E-state index is 0.0152. The first-order valence-corrected chi connectivity index (χ1v) is 10.3. The fourth-order valence-corrected chi connectivity index (χ4v) is 4.38. The molecule has 0 aliphatic carbocycles. The summed E-state index contributed by atoms with van der Waals surface area (Å²) in [7, 11) is -3.89. The van der Waals surface area contributed by atoms with Gasteiger partial charge in [0.25, 0.3) is 0 Å². The average molecular weight is 407 g/mol. The number of hydrogen-bond acceptors (Lipinski definition) is 3. The molecule has 0 N–H and O–H groups in total. The van der Waals surface area contributed by atoms with E-state index in [1.54, 1.807) is 17.0 Å². The number of rotatable bonds is 8. The molecule has 5 nitrogen and oxygen atoms in total. The molecule has 0 saturated carbocycles. The second-order valence-electron chi connectivity index (χ2n) is 6.24. The number of sulfonamides is 1. The number of halogens is 1. The van der Waals surface area contributed by atoms with Crippen molar-refractivity contribution in [2.45, 2.75) is 24.8 Å². The molecule has 0 fully saturated rings. The number of benzene rings is 2. The molecule has 0 radical (unpaired) electrons. The molecule has 27 heavy (non-hydrogen) atoms. The Balaban J connectivity index is 2.34. The maximum Gasteiger partial charge on any atom is 0.243 e. The summed E-state index contributed by atoms with van der Waals surface area (Å²) in [4.78, 5) is 14.6. The number of anilines is 1. The lowest BCUT2D eigenvalue weighted by Crippen LogP contribution is -2.45. The van der Waals surface area contributed by atoms with Crippen molar-refractivity contribution in [2.24, 2.45) is 0 Å². The Labute approximate surface area is 165 Å². The van der Waals surface area contributed by atoms with E-state index in [-0.39, 0.29) is 29.9 Å². The van der Waals surface area contributed by atoms with Crippen LogP contribution in [0.4, 0.5) is 5.69 Å². The van der Waals surface area contributed by atoms with Crippen LogP contribution in [0.1, 0.15) is 13.8 Å². The summed E-state index contributed by atoms with van der Waals surface area (Å²) in [5.41, 5.74) is 0.719. The predicted octanol–water partition coefficient (Wildman–Crippen LogP) is 3.96. The molecule has 2 rings (SSSR count). The van der Waals surface area contributed by atoms with E-state index in [1.165, 1.54) is 18.2 Å². The first-order chi connectivity index (χ1) is 12.8. The zero-order chi connectivity index (χ0) is 20.0. The van der Waals surface area contributed by atoms with Crippen molar-refractivity contribution in [1.82, 2.24) is 4.31 Å². The van der Waals surface area contributed by atoms with Crippen molar-refractivity contribution in [1.29, 1.82) is 0 Å². The smallest absolute Gasteiger partial charge is 0.243 e. The van der Waals surface area contributed by atoms with E-state index in [2.05, 4.69) is 6.58 Å². The molecule has 0 bridgehead atoms. The fraction of sp³-hybridized carbons (Fsp3) is 0.250. The third-order valence-electron chi connectivity index (χ3n) is 3.90. The third-order valence-corrected chi connectivity index (χ3v) is 5.94. The molecule has 2 aromatic rings. The Morgan fingerprint density at radius 2 is 1.81 bits per heavy atom. The van der Waals surface area contributed by atoms with E-state index in [0.29, 0.717) is 5.02 Å². The molecule has 0 aromatic heterocycles. The van der Waals surface area contributed by atoms with Crippen LogP contribution >= 0.6 is 11.6 Å². The third kappa shape index (κ3) is 5.19. The van der Waals surface area contributed by atoms with Gasteiger partial charge in [-0.3, -0.25) is 4.79 Å². The Bertz CT molecular complexity index is 898. The van der Waals surface area contributed by atoms with E-state index < -0.39 is 10.0 Å². The van der Waals surface area contributed by atoms with Gasteiger partial charge in [-0.1, -0.05) is 41.9 Å². The normalized spacial score (nSPS) is 11.6. The van der Waals surface area contributed by atoms with Crippen LogP contribution < -0.4 is 4.90 Å². The van der Waals surface area contributed by atoms with Crippen LogP contribution in [0, 0.1) is 0 Å². The van der Waals surface area contributed by atoms with Gasteiger partial charge in [-0.2, -0.15) is 4.31 Å². The minimum atomic E-state index is -3.89. The molecule has 7 heteroatoms. The van der Waals surface area contributed by atoms with Gasteiger partial charge in [0.05, 0.1) is 11.4 Å². The quantitative estimate of drug-likeness (QED) is 0.623. The lowest BCUT2D eigenvalue weighted by molar-refractivity contribution is -0.119. The van der Waals surface area contributed by atoms with Gasteiger partial charge in [-0.05, 0) is 44.2 Å². The highest BCUT2D eigenvalue weighted by atomic mass is 35.5. The Kier molecular flexibility index (Phi) is 7.18. The molecule has 0 spiro atoms. The van der Waals surface area contributed by atoms with Gasteiger partial charge < -0.3 is 4.90 Å². The zero-order valence-corrected chi connectivity index (χ0v) is 16.9. The predicted molar refractivity (Wildman–Crippen MR) is 109 cm³/mol. The van der Waals surface area contributed by atoms with E-state index in [9.17, 15) is 13.2 Å². The Morgan fingerprint density at radius 1 is 1.15 bits per heavy atom. The number of amides is 1. The van der Waals surface area contributed by atoms with Gasteiger partial charge in [-0.25, -0.2) is 8.42 Å². The molecule has 0 aliphatic rings. The maximum absolute atomic E-state index is 13.0. The molecule has 0 aliphatic heterocycles. The summed E-state index contributed by atoms with van der Waals surface area (Å²) in [6, 6.07) is 15.0. The highest BCUT2D eigenvalue weighted by Gasteiger charge is 2.29. The number of nitrogens with zero attached hydrogens (tertiary/aromatic N) is 2. The highest BCUT2D eigenvalue weighted by molar-refractivity contribution is 7.89. The molecule has 0 atom stereocenters. The van der Waals surface area contributed by atoms with E-state index in [1.807, 2.05) is 44.2 Å². The Hall–Kier alpha value is -2.15. The number of carbonyl (C=O) groups excluding carboxylic acids is 1. The van der Waals surface area contributed by atoms with Crippen molar-refractivity contribution >= 4 is 33.2 Å². The molecule has 0 unspecified atom stereocenters. The SMILES string of the molecule is C=CCN(CC(=O)N(c1ccccc1)C(C)C)S(=O)(=O)c1cccc(Cl)c1. The molecular weight excluding hydrogens is 384 g/mol. The second kappa shape index (κ2) is 9.17. The van der Waals surface area contributed by atoms with E-state index >= 15 is 0 Å². The summed E-state index contributed by atoms with van der Waals surface area (Å²) < 4.78 is 27.1. The first-order valence-electron chi connectivity index (χ1n) is 8.51. The molecule has 0 heterocycles. The van der Waals surface area contributed by atoms with Gasteiger partial charge in [0, 0.05) is 23.3 Å². The van der Waals surface area contributed by atoms with Crippen LogP contribution in [0.3, 0.4) is 0 Å². The first kappa shape index (κ1) is 21.2. The number of para-hydroxylation sites is 1. The molecule has 2 aromatic carbocycles. The van der Waals surface area contributed by atoms with Gasteiger partial charge in [0.15, 0.2) is 0 Å². The van der Waals surface area contributed by atoms with Gasteiger partial charge in [0.2, 0.25) is 15.9 Å². The van der Waals surface area contributed by atoms with Crippen molar-refractivity contribution in [2.75, 3.05) is 18.0 Å². The monoisotopic (exact) mass is 406 g/mol. The lowest BCUT2D eigenvalue weighted by Gasteiger charge is -2.29. The highest BCUT2D eigenvalue weighted by Crippen LogP contribution is 2.21. The topological polar surface area (TPSA) is 57.7 Å². The van der Waals surface area contributed by atoms with Crippen LogP contribution in [0.25, 0.3) is 0 Å². The number of carbonyl (C=O) groups is 1. The summed E-state index contributed by atoms with van der Waals surface area (Å²) in [6.07, 6.45) is 1.46. The van der Waals surface area contributed by atoms with Crippen LogP contribution in [-0.4, -0.2) is 37.8 Å². The van der Waals surface area contributed by atoms with Crippen molar-refractivity contribution in [3.05, 3.63) is 72.3 Å². The van der Waals surface area contributed by atoms with E-state index in [4.69, 9.17) is 11.6 Å². The standard InChI is InChI=1S/C20H23ClN2O3S/c1-4-13-22(27(25,26)19-12-8-9-17(21)14-19)15-20(24)23(16(2)3)18-10-6-5-7-11-18/h4-12,14,16H,1,13,15H2,2-3H3. The molecule has 1 amide bonds. The van der Waals surface area contributed by atoms with Crippen LogP contribution in [0.5, 0.6) is 0 Å². The van der Waals surface area contributed by atoms with Gasteiger partial charge >= 0.3 is 0 Å². The maximum atomic E-state index is 13.0. The van der Waals surface area contributed by atoms with Crippen molar-refractivity contribution in [3.63, 3.8) is 0 Å². The molecule has 0 saturated heterocycles.